The van der Waals surface area contributed by atoms with Crippen molar-refractivity contribution in [3.63, 3.8) is 0 Å². The fourth-order valence-electron chi connectivity index (χ4n) is 3.30. The summed E-state index contributed by atoms with van der Waals surface area (Å²) in [5.41, 5.74) is 0.651. The summed E-state index contributed by atoms with van der Waals surface area (Å²) in [4.78, 5) is 26.5. The number of hydrogen-bond donors (Lipinski definition) is 2. The number of carbonyl (C=O) groups is 2. The molecular weight excluding hydrogens is 306 g/mol. The highest BCUT2D eigenvalue weighted by Gasteiger charge is 2.29. The quantitative estimate of drug-likeness (QED) is 0.863. The molecule has 3 rings (SSSR count). The summed E-state index contributed by atoms with van der Waals surface area (Å²) < 4.78 is 5.64. The van der Waals surface area contributed by atoms with Gasteiger partial charge in [-0.25, -0.2) is 0 Å². The van der Waals surface area contributed by atoms with E-state index in [1.807, 2.05) is 12.1 Å². The molecule has 2 aliphatic rings. The van der Waals surface area contributed by atoms with Crippen molar-refractivity contribution in [1.29, 1.82) is 0 Å². The van der Waals surface area contributed by atoms with Gasteiger partial charge in [0.25, 0.3) is 5.91 Å². The molecule has 2 heterocycles. The topological polar surface area (TPSA) is 70.7 Å². The van der Waals surface area contributed by atoms with Gasteiger partial charge in [-0.15, -0.1) is 0 Å². The van der Waals surface area contributed by atoms with E-state index in [-0.39, 0.29) is 18.2 Å². The molecular formula is C18H25N3O3. The van der Waals surface area contributed by atoms with Crippen LogP contribution >= 0.6 is 0 Å². The number of likely N-dealkylation sites (tertiary alicyclic amines) is 1. The lowest BCUT2D eigenvalue weighted by molar-refractivity contribution is -0.130. The van der Waals surface area contributed by atoms with E-state index < -0.39 is 6.10 Å². The van der Waals surface area contributed by atoms with Crippen molar-refractivity contribution < 1.29 is 14.3 Å². The van der Waals surface area contributed by atoms with Crippen LogP contribution in [0.15, 0.2) is 24.3 Å². The molecule has 130 valence electrons. The van der Waals surface area contributed by atoms with Crippen LogP contribution in [0.3, 0.4) is 0 Å². The van der Waals surface area contributed by atoms with Gasteiger partial charge in [-0.2, -0.15) is 0 Å². The van der Waals surface area contributed by atoms with Gasteiger partial charge in [-0.1, -0.05) is 18.6 Å². The molecule has 1 aromatic carbocycles. The maximum Gasteiger partial charge on any atom is 0.266 e. The molecule has 2 N–H and O–H groups in total. The Balaban J connectivity index is 1.44. The number of para-hydroxylation sites is 2. The molecule has 0 spiro atoms. The number of anilines is 1. The van der Waals surface area contributed by atoms with Gasteiger partial charge in [0.15, 0.2) is 6.10 Å². The van der Waals surface area contributed by atoms with Crippen LogP contribution in [0.2, 0.25) is 0 Å². The third-order valence-electron chi connectivity index (χ3n) is 4.74. The number of fused-ring (bicyclic) bond motifs is 1. The SMILES string of the molecule is C[C@H]1CCCCN1CCNC(=O)C[C@@H]1Oc2ccccc2NC1=O. The molecule has 0 aliphatic carbocycles. The van der Waals surface area contributed by atoms with Crippen molar-refractivity contribution in [3.05, 3.63) is 24.3 Å². The number of rotatable bonds is 5. The first-order valence-electron chi connectivity index (χ1n) is 8.71. The first-order valence-corrected chi connectivity index (χ1v) is 8.71. The molecule has 1 saturated heterocycles. The Morgan fingerprint density at radius 3 is 3.04 bits per heavy atom. The normalized spacial score (nSPS) is 23.8. The van der Waals surface area contributed by atoms with Gasteiger partial charge in [0, 0.05) is 19.1 Å². The second-order valence-corrected chi connectivity index (χ2v) is 6.53. The van der Waals surface area contributed by atoms with E-state index in [2.05, 4.69) is 22.5 Å². The lowest BCUT2D eigenvalue weighted by Gasteiger charge is -2.33. The highest BCUT2D eigenvalue weighted by molar-refractivity contribution is 5.99. The van der Waals surface area contributed by atoms with Crippen molar-refractivity contribution in [2.75, 3.05) is 25.0 Å². The molecule has 6 heteroatoms. The smallest absolute Gasteiger partial charge is 0.266 e. The first-order chi connectivity index (χ1) is 11.6. The van der Waals surface area contributed by atoms with Crippen molar-refractivity contribution in [2.45, 2.75) is 44.8 Å². The average Bonchev–Trinajstić information content (AvgIpc) is 2.57. The molecule has 2 atom stereocenters. The first kappa shape index (κ1) is 16.8. The number of hydrogen-bond acceptors (Lipinski definition) is 4. The van der Waals surface area contributed by atoms with Gasteiger partial charge in [0.05, 0.1) is 12.1 Å². The van der Waals surface area contributed by atoms with Crippen molar-refractivity contribution >= 4 is 17.5 Å². The van der Waals surface area contributed by atoms with Crippen LogP contribution in [0.4, 0.5) is 5.69 Å². The van der Waals surface area contributed by atoms with Crippen LogP contribution < -0.4 is 15.4 Å². The highest BCUT2D eigenvalue weighted by Crippen LogP contribution is 2.29. The minimum Gasteiger partial charge on any atom is -0.478 e. The molecule has 0 unspecified atom stereocenters. The predicted molar refractivity (Wildman–Crippen MR) is 92.0 cm³/mol. The lowest BCUT2D eigenvalue weighted by Crippen LogP contribution is -2.44. The van der Waals surface area contributed by atoms with E-state index in [0.717, 1.165) is 13.1 Å². The molecule has 0 aromatic heterocycles. The Labute approximate surface area is 142 Å². The fraction of sp³-hybridized carbons (Fsp3) is 0.556. The molecule has 0 bridgehead atoms. The molecule has 1 aromatic rings. The molecule has 1 fully saturated rings. The Kier molecular flexibility index (Phi) is 5.35. The Hall–Kier alpha value is -2.08. The summed E-state index contributed by atoms with van der Waals surface area (Å²) >= 11 is 0. The molecule has 0 radical (unpaired) electrons. The third kappa shape index (κ3) is 4.06. The van der Waals surface area contributed by atoms with Crippen LogP contribution in [0.5, 0.6) is 5.75 Å². The van der Waals surface area contributed by atoms with E-state index in [4.69, 9.17) is 4.74 Å². The zero-order valence-electron chi connectivity index (χ0n) is 14.1. The maximum atomic E-state index is 12.1. The molecule has 6 nitrogen and oxygen atoms in total. The second-order valence-electron chi connectivity index (χ2n) is 6.53. The monoisotopic (exact) mass is 331 g/mol. The summed E-state index contributed by atoms with van der Waals surface area (Å²) in [5.74, 6) is 0.185. The number of carbonyl (C=O) groups excluding carboxylic acids is 2. The highest BCUT2D eigenvalue weighted by atomic mass is 16.5. The maximum absolute atomic E-state index is 12.1. The molecule has 0 saturated carbocycles. The predicted octanol–water partition coefficient (Wildman–Crippen LogP) is 1.77. The van der Waals surface area contributed by atoms with E-state index >= 15 is 0 Å². The summed E-state index contributed by atoms with van der Waals surface area (Å²) in [6.45, 7) is 4.79. The number of benzene rings is 1. The molecule has 2 amide bonds. The average molecular weight is 331 g/mol. The zero-order chi connectivity index (χ0) is 16.9. The van der Waals surface area contributed by atoms with E-state index in [0.29, 0.717) is 24.0 Å². The molecule has 24 heavy (non-hydrogen) atoms. The summed E-state index contributed by atoms with van der Waals surface area (Å²) in [5, 5.41) is 5.68. The van der Waals surface area contributed by atoms with Gasteiger partial charge < -0.3 is 15.4 Å². The number of amides is 2. The molecule has 2 aliphatic heterocycles. The Morgan fingerprint density at radius 1 is 1.38 bits per heavy atom. The summed E-state index contributed by atoms with van der Waals surface area (Å²) in [7, 11) is 0. The third-order valence-corrected chi connectivity index (χ3v) is 4.74. The Bertz CT molecular complexity index is 605. The number of nitrogens with zero attached hydrogens (tertiary/aromatic N) is 1. The Morgan fingerprint density at radius 2 is 2.21 bits per heavy atom. The largest absolute Gasteiger partial charge is 0.478 e. The number of piperidine rings is 1. The van der Waals surface area contributed by atoms with Gasteiger partial charge in [0.2, 0.25) is 5.91 Å². The van der Waals surface area contributed by atoms with Crippen molar-refractivity contribution in [1.82, 2.24) is 10.2 Å². The number of ether oxygens (including phenoxy) is 1. The van der Waals surface area contributed by atoms with Gasteiger partial charge in [-0.3, -0.25) is 14.5 Å². The lowest BCUT2D eigenvalue weighted by atomic mass is 10.0. The van der Waals surface area contributed by atoms with Gasteiger partial charge in [0.1, 0.15) is 5.75 Å². The summed E-state index contributed by atoms with van der Waals surface area (Å²) in [6, 6.07) is 7.82. The van der Waals surface area contributed by atoms with Crippen LogP contribution in [0.25, 0.3) is 0 Å². The van der Waals surface area contributed by atoms with Crippen molar-refractivity contribution in [2.24, 2.45) is 0 Å². The minimum absolute atomic E-state index is 0.0374. The van der Waals surface area contributed by atoms with Crippen LogP contribution in [-0.2, 0) is 9.59 Å². The minimum atomic E-state index is -0.770. The summed E-state index contributed by atoms with van der Waals surface area (Å²) in [6.07, 6.45) is 3.01. The van der Waals surface area contributed by atoms with Crippen molar-refractivity contribution in [3.8, 4) is 5.75 Å². The fourth-order valence-corrected chi connectivity index (χ4v) is 3.30. The van der Waals surface area contributed by atoms with Crippen LogP contribution in [0.1, 0.15) is 32.6 Å². The standard InChI is InChI=1S/C18H25N3O3/c1-13-6-4-5-10-21(13)11-9-19-17(22)12-16-18(23)20-14-7-2-3-8-15(14)24-16/h2-3,7-8,13,16H,4-6,9-12H2,1H3,(H,19,22)(H,20,23)/t13-,16-/m0/s1. The van der Waals surface area contributed by atoms with E-state index in [1.165, 1.54) is 19.3 Å². The van der Waals surface area contributed by atoms with E-state index in [9.17, 15) is 9.59 Å². The van der Waals surface area contributed by atoms with Crippen LogP contribution in [0, 0.1) is 0 Å². The number of nitrogens with one attached hydrogen (secondary N) is 2. The second kappa shape index (κ2) is 7.66. The van der Waals surface area contributed by atoms with E-state index in [1.54, 1.807) is 12.1 Å². The zero-order valence-corrected chi connectivity index (χ0v) is 14.1. The van der Waals surface area contributed by atoms with Gasteiger partial charge in [-0.05, 0) is 38.4 Å². The van der Waals surface area contributed by atoms with Crippen LogP contribution in [-0.4, -0.2) is 48.5 Å². The van der Waals surface area contributed by atoms with Gasteiger partial charge >= 0.3 is 0 Å².